The van der Waals surface area contributed by atoms with Crippen LogP contribution in [0.2, 0.25) is 0 Å². The first-order valence-corrected chi connectivity index (χ1v) is 12.5. The summed E-state index contributed by atoms with van der Waals surface area (Å²) in [6.07, 6.45) is 1.50. The number of nitrogens with zero attached hydrogens (tertiary/aromatic N) is 4. The fourth-order valence-corrected chi connectivity index (χ4v) is 4.88. The summed E-state index contributed by atoms with van der Waals surface area (Å²) >= 11 is 1.24. The monoisotopic (exact) mass is 535 g/mol. The van der Waals surface area contributed by atoms with Gasteiger partial charge in [-0.25, -0.2) is 14.8 Å². The maximum Gasteiger partial charge on any atom is 0.337 e. The van der Waals surface area contributed by atoms with Gasteiger partial charge >= 0.3 is 5.97 Å². The molecule has 0 aliphatic heterocycles. The Morgan fingerprint density at radius 1 is 0.974 bits per heavy atom. The van der Waals surface area contributed by atoms with Crippen molar-refractivity contribution in [1.82, 2.24) is 15.0 Å². The number of fused-ring (bicyclic) bond motifs is 1. The molecule has 0 saturated heterocycles. The molecule has 3 aromatic heterocycles. The molecule has 39 heavy (non-hydrogen) atoms. The Hall–Kier alpha value is -5.14. The molecule has 0 fully saturated rings. The number of amides is 1. The van der Waals surface area contributed by atoms with Crippen LogP contribution in [-0.2, 0) is 4.74 Å². The third-order valence-electron chi connectivity index (χ3n) is 5.98. The number of rotatable bonds is 6. The van der Waals surface area contributed by atoms with Gasteiger partial charge in [-0.05, 0) is 55.5 Å². The molecule has 0 saturated carbocycles. The van der Waals surface area contributed by atoms with Crippen molar-refractivity contribution in [3.8, 4) is 34.2 Å². The Morgan fingerprint density at radius 2 is 1.77 bits per heavy atom. The number of hydrogen-bond acceptors (Lipinski definition) is 9. The minimum Gasteiger partial charge on any atom is -0.496 e. The fourth-order valence-electron chi connectivity index (χ4n) is 4.04. The average molecular weight is 536 g/mol. The molecule has 192 valence electrons. The Morgan fingerprint density at radius 3 is 2.49 bits per heavy atom. The lowest BCUT2D eigenvalue weighted by atomic mass is 9.97. The van der Waals surface area contributed by atoms with Crippen LogP contribution in [0.15, 0.2) is 66.9 Å². The van der Waals surface area contributed by atoms with E-state index in [1.54, 1.807) is 48.5 Å². The zero-order chi connectivity index (χ0) is 27.5. The van der Waals surface area contributed by atoms with Crippen LogP contribution in [0.1, 0.15) is 32.0 Å². The number of hydrogen-bond donors (Lipinski definition) is 1. The van der Waals surface area contributed by atoms with Crippen LogP contribution >= 0.6 is 11.3 Å². The van der Waals surface area contributed by atoms with Crippen LogP contribution in [0.25, 0.3) is 32.7 Å². The minimum atomic E-state index is -0.407. The van der Waals surface area contributed by atoms with Crippen molar-refractivity contribution in [1.29, 1.82) is 5.26 Å². The lowest BCUT2D eigenvalue weighted by Crippen LogP contribution is -2.14. The van der Waals surface area contributed by atoms with Gasteiger partial charge in [0, 0.05) is 28.6 Å². The van der Waals surface area contributed by atoms with Crippen molar-refractivity contribution in [2.45, 2.75) is 6.92 Å². The molecule has 2 aromatic carbocycles. The molecule has 10 heteroatoms. The highest BCUT2D eigenvalue weighted by atomic mass is 32.1. The van der Waals surface area contributed by atoms with Crippen molar-refractivity contribution in [3.05, 3.63) is 89.2 Å². The van der Waals surface area contributed by atoms with Gasteiger partial charge in [-0.15, -0.1) is 0 Å². The molecular formula is C29H21N5O4S. The van der Waals surface area contributed by atoms with E-state index in [1.807, 2.05) is 19.1 Å². The molecule has 0 unspecified atom stereocenters. The first kappa shape index (κ1) is 25.5. The summed E-state index contributed by atoms with van der Waals surface area (Å²) in [4.78, 5) is 39.3. The van der Waals surface area contributed by atoms with E-state index in [1.165, 1.54) is 31.8 Å². The SMILES string of the molecule is COC(=O)c1ccc(-c2ccc3nc(NC(=O)c4cnc(C)cc4-c4cc(C#N)ccc4OC)sc3n2)cc1. The number of benzene rings is 2. The van der Waals surface area contributed by atoms with Crippen LogP contribution in [0, 0.1) is 18.3 Å². The van der Waals surface area contributed by atoms with E-state index in [0.29, 0.717) is 60.4 Å². The first-order valence-electron chi connectivity index (χ1n) is 11.7. The quantitative estimate of drug-likeness (QED) is 0.277. The summed E-state index contributed by atoms with van der Waals surface area (Å²) in [6, 6.07) is 19.6. The lowest BCUT2D eigenvalue weighted by Gasteiger charge is -2.13. The minimum absolute atomic E-state index is 0.313. The van der Waals surface area contributed by atoms with Crippen molar-refractivity contribution < 1.29 is 19.1 Å². The molecule has 0 radical (unpaired) electrons. The Bertz CT molecular complexity index is 1770. The topological polar surface area (TPSA) is 127 Å². The summed E-state index contributed by atoms with van der Waals surface area (Å²) in [7, 11) is 2.87. The first-order chi connectivity index (χ1) is 18.9. The average Bonchev–Trinajstić information content (AvgIpc) is 3.37. The molecule has 5 aromatic rings. The molecule has 5 rings (SSSR count). The van der Waals surface area contributed by atoms with Crippen molar-refractivity contribution >= 4 is 38.7 Å². The number of thiazole rings is 1. The molecule has 0 aliphatic carbocycles. The van der Waals surface area contributed by atoms with Crippen LogP contribution < -0.4 is 10.1 Å². The van der Waals surface area contributed by atoms with Crippen LogP contribution in [0.4, 0.5) is 5.13 Å². The van der Waals surface area contributed by atoms with Gasteiger partial charge in [-0.2, -0.15) is 5.26 Å². The normalized spacial score (nSPS) is 10.6. The summed E-state index contributed by atoms with van der Waals surface area (Å²) < 4.78 is 10.2. The number of carbonyl (C=O) groups excluding carboxylic acids is 2. The van der Waals surface area contributed by atoms with Gasteiger partial charge in [0.1, 0.15) is 16.1 Å². The second-order valence-electron chi connectivity index (χ2n) is 8.46. The zero-order valence-electron chi connectivity index (χ0n) is 21.2. The molecule has 9 nitrogen and oxygen atoms in total. The predicted octanol–water partition coefficient (Wildman–Crippen LogP) is 5.65. The lowest BCUT2D eigenvalue weighted by molar-refractivity contribution is 0.0600. The molecule has 0 spiro atoms. The van der Waals surface area contributed by atoms with Crippen molar-refractivity contribution in [3.63, 3.8) is 0 Å². The van der Waals surface area contributed by atoms with E-state index in [9.17, 15) is 14.9 Å². The van der Waals surface area contributed by atoms with E-state index < -0.39 is 11.9 Å². The largest absolute Gasteiger partial charge is 0.496 e. The summed E-state index contributed by atoms with van der Waals surface area (Å²) in [5.41, 5.74) is 5.28. The molecule has 0 atom stereocenters. The molecule has 1 amide bonds. The highest BCUT2D eigenvalue weighted by Crippen LogP contribution is 2.34. The number of esters is 1. The van der Waals surface area contributed by atoms with Gasteiger partial charge in [0.2, 0.25) is 0 Å². The second kappa shape index (κ2) is 10.7. The maximum absolute atomic E-state index is 13.4. The number of carbonyl (C=O) groups is 2. The number of aryl methyl sites for hydroxylation is 1. The fraction of sp³-hybridized carbons (Fsp3) is 0.103. The van der Waals surface area contributed by atoms with Crippen LogP contribution in [-0.4, -0.2) is 41.0 Å². The van der Waals surface area contributed by atoms with E-state index in [-0.39, 0.29) is 0 Å². The third-order valence-corrected chi connectivity index (χ3v) is 6.86. The highest BCUT2D eigenvalue weighted by Gasteiger charge is 2.19. The summed E-state index contributed by atoms with van der Waals surface area (Å²) in [6.45, 7) is 1.82. The molecule has 3 heterocycles. The number of aromatic nitrogens is 3. The number of methoxy groups -OCH3 is 2. The molecule has 1 N–H and O–H groups in total. The van der Waals surface area contributed by atoms with Crippen LogP contribution in [0.5, 0.6) is 5.75 Å². The highest BCUT2D eigenvalue weighted by molar-refractivity contribution is 7.22. The summed E-state index contributed by atoms with van der Waals surface area (Å²) in [5.74, 6) is -0.277. The molecule has 0 aliphatic rings. The number of anilines is 1. The van der Waals surface area contributed by atoms with Gasteiger partial charge in [0.05, 0.1) is 42.7 Å². The number of ether oxygens (including phenoxy) is 2. The van der Waals surface area contributed by atoms with E-state index in [0.717, 1.165) is 5.56 Å². The molecular weight excluding hydrogens is 514 g/mol. The number of pyridine rings is 2. The van der Waals surface area contributed by atoms with Gasteiger partial charge in [0.25, 0.3) is 5.91 Å². The van der Waals surface area contributed by atoms with Crippen molar-refractivity contribution in [2.75, 3.05) is 19.5 Å². The van der Waals surface area contributed by atoms with Gasteiger partial charge < -0.3 is 9.47 Å². The molecule has 0 bridgehead atoms. The Kier molecular flexibility index (Phi) is 6.99. The van der Waals surface area contributed by atoms with Gasteiger partial charge in [-0.1, -0.05) is 23.5 Å². The Labute approximate surface area is 227 Å². The van der Waals surface area contributed by atoms with E-state index in [2.05, 4.69) is 26.3 Å². The van der Waals surface area contributed by atoms with Crippen LogP contribution in [0.3, 0.4) is 0 Å². The van der Waals surface area contributed by atoms with Gasteiger partial charge in [0.15, 0.2) is 5.13 Å². The standard InChI is InChI=1S/C29H21N5O4S/c1-16-12-20(21-13-17(14-30)4-11-25(21)37-2)22(15-31-16)26(35)34-29-33-24-10-9-23(32-27(24)39-29)18-5-7-19(8-6-18)28(36)38-3/h4-13,15H,1-3H3,(H,33,34,35). The number of nitriles is 1. The van der Waals surface area contributed by atoms with Crippen molar-refractivity contribution in [2.24, 2.45) is 0 Å². The van der Waals surface area contributed by atoms with E-state index >= 15 is 0 Å². The predicted molar refractivity (Wildman–Crippen MR) is 148 cm³/mol. The maximum atomic E-state index is 13.4. The summed E-state index contributed by atoms with van der Waals surface area (Å²) in [5, 5.41) is 12.6. The van der Waals surface area contributed by atoms with E-state index in [4.69, 9.17) is 9.47 Å². The zero-order valence-corrected chi connectivity index (χ0v) is 22.0. The van der Waals surface area contributed by atoms with Gasteiger partial charge in [-0.3, -0.25) is 15.1 Å². The smallest absolute Gasteiger partial charge is 0.337 e. The Balaban J connectivity index is 1.45. The number of nitrogens with one attached hydrogen (secondary N) is 1. The third kappa shape index (κ3) is 5.16. The second-order valence-corrected chi connectivity index (χ2v) is 9.44.